The summed E-state index contributed by atoms with van der Waals surface area (Å²) < 4.78 is 0. The topological polar surface area (TPSA) is 126 Å². The van der Waals surface area contributed by atoms with Crippen LogP contribution in [0.2, 0.25) is 0 Å². The van der Waals surface area contributed by atoms with E-state index in [9.17, 15) is 0 Å². The van der Waals surface area contributed by atoms with E-state index >= 15 is 0 Å². The van der Waals surface area contributed by atoms with Crippen LogP contribution in [-0.4, -0.2) is 0 Å². The lowest BCUT2D eigenvalue weighted by atomic mass is 10.1. The van der Waals surface area contributed by atoms with E-state index in [1.165, 1.54) is 0 Å². The molecular weight excluding hydrogens is 246 g/mol. The molecule has 0 unspecified atom stereocenters. The second kappa shape index (κ2) is 6.24. The zero-order valence-corrected chi connectivity index (χ0v) is 10.2. The summed E-state index contributed by atoms with van der Waals surface area (Å²) in [6.07, 6.45) is 1.06. The van der Waals surface area contributed by atoms with Crippen molar-refractivity contribution in [1.82, 2.24) is 0 Å². The molecule has 0 heterocycles. The maximum Gasteiger partial charge on any atom is 0.103 e. The molecule has 6 N–H and O–H groups in total. The van der Waals surface area contributed by atoms with Crippen molar-refractivity contribution < 1.29 is 0 Å². The number of anilines is 1. The van der Waals surface area contributed by atoms with Crippen LogP contribution < -0.4 is 17.2 Å². The highest BCUT2D eigenvalue weighted by Gasteiger charge is 2.11. The van der Waals surface area contributed by atoms with E-state index < -0.39 is 0 Å². The predicted molar refractivity (Wildman–Crippen MR) is 71.4 cm³/mol. The molecule has 0 aliphatic rings. The van der Waals surface area contributed by atoms with Gasteiger partial charge in [-0.05, 0) is 12.1 Å². The van der Waals surface area contributed by atoms with E-state index in [-0.39, 0.29) is 16.2 Å². The first-order valence-corrected chi connectivity index (χ1v) is 5.70. The minimum absolute atomic E-state index is 0.0389. The first-order valence-electron chi connectivity index (χ1n) is 4.88. The highest BCUT2D eigenvalue weighted by molar-refractivity contribution is 8.03. The van der Waals surface area contributed by atoms with Crippen LogP contribution in [-0.2, 0) is 0 Å². The van der Waals surface area contributed by atoms with Gasteiger partial charge in [-0.15, -0.1) is 0 Å². The number of hydrogen-bond donors (Lipinski definition) is 3. The molecule has 1 aromatic carbocycles. The van der Waals surface area contributed by atoms with Crippen LogP contribution in [0.4, 0.5) is 5.69 Å². The maximum atomic E-state index is 9.00. The Balaban J connectivity index is 3.14. The molecular formula is C12H11N5S. The zero-order chi connectivity index (χ0) is 13.5. The molecule has 0 aliphatic heterocycles. The van der Waals surface area contributed by atoms with Gasteiger partial charge in [0.2, 0.25) is 0 Å². The van der Waals surface area contributed by atoms with Crippen LogP contribution in [0.3, 0.4) is 0 Å². The van der Waals surface area contributed by atoms with Crippen molar-refractivity contribution in [1.29, 1.82) is 10.5 Å². The number of thioether (sulfide) groups is 1. The van der Waals surface area contributed by atoms with Gasteiger partial charge in [0.25, 0.3) is 0 Å². The molecule has 1 rings (SSSR count). The zero-order valence-electron chi connectivity index (χ0n) is 9.42. The summed E-state index contributed by atoms with van der Waals surface area (Å²) in [4.78, 5) is 0.720. The van der Waals surface area contributed by atoms with E-state index in [0.29, 0.717) is 5.69 Å². The molecule has 90 valence electrons. The Labute approximate surface area is 109 Å². The lowest BCUT2D eigenvalue weighted by molar-refractivity contribution is 1.35. The fourth-order valence-electron chi connectivity index (χ4n) is 1.17. The molecule has 6 heteroatoms. The van der Waals surface area contributed by atoms with Crippen molar-refractivity contribution in [3.63, 3.8) is 0 Å². The van der Waals surface area contributed by atoms with Crippen LogP contribution in [0.15, 0.2) is 51.5 Å². The Kier molecular flexibility index (Phi) is 4.67. The molecule has 0 spiro atoms. The lowest BCUT2D eigenvalue weighted by Gasteiger charge is -2.06. The molecule has 0 radical (unpaired) electrons. The van der Waals surface area contributed by atoms with Crippen LogP contribution in [0, 0.1) is 22.7 Å². The highest BCUT2D eigenvalue weighted by atomic mass is 32.2. The number of rotatable bonds is 3. The smallest absolute Gasteiger partial charge is 0.103 e. The third-order valence-electron chi connectivity index (χ3n) is 2.05. The third kappa shape index (κ3) is 2.97. The fraction of sp³-hybridized carbons (Fsp3) is 0. The van der Waals surface area contributed by atoms with Gasteiger partial charge in [0, 0.05) is 16.8 Å². The molecule has 0 atom stereocenters. The molecule has 0 fully saturated rings. The molecule has 0 saturated heterocycles. The molecule has 18 heavy (non-hydrogen) atoms. The number of nitrogens with two attached hydrogens (primary N) is 3. The number of hydrogen-bond acceptors (Lipinski definition) is 6. The van der Waals surface area contributed by atoms with Gasteiger partial charge < -0.3 is 17.2 Å². The first-order chi connectivity index (χ1) is 8.63. The molecule has 0 amide bonds. The minimum Gasteiger partial charge on any atom is -0.403 e. The molecule has 0 bridgehead atoms. The van der Waals surface area contributed by atoms with Gasteiger partial charge in [0.1, 0.15) is 17.7 Å². The van der Waals surface area contributed by atoms with Crippen molar-refractivity contribution in [3.8, 4) is 12.1 Å². The minimum atomic E-state index is 0.0389. The van der Waals surface area contributed by atoms with Crippen LogP contribution in [0.5, 0.6) is 0 Å². The van der Waals surface area contributed by atoms with Crippen molar-refractivity contribution in [2.75, 3.05) is 5.73 Å². The third-order valence-corrected chi connectivity index (χ3v) is 3.07. The summed E-state index contributed by atoms with van der Waals surface area (Å²) in [6.45, 7) is 0. The van der Waals surface area contributed by atoms with E-state index in [0.717, 1.165) is 22.9 Å². The summed E-state index contributed by atoms with van der Waals surface area (Å²) >= 11 is 1.12. The Hall–Kier alpha value is -2.57. The van der Waals surface area contributed by atoms with Crippen LogP contribution >= 0.6 is 11.8 Å². The average Bonchev–Trinajstić information content (AvgIpc) is 2.38. The van der Waals surface area contributed by atoms with Gasteiger partial charge in [-0.1, -0.05) is 23.9 Å². The lowest BCUT2D eigenvalue weighted by Crippen LogP contribution is -2.02. The van der Waals surface area contributed by atoms with E-state index in [4.69, 9.17) is 27.7 Å². The van der Waals surface area contributed by atoms with Crippen molar-refractivity contribution in [3.05, 3.63) is 46.6 Å². The number of benzene rings is 1. The van der Waals surface area contributed by atoms with E-state index in [2.05, 4.69) is 0 Å². The Bertz CT molecular complexity index is 589. The Morgan fingerprint density at radius 3 is 2.39 bits per heavy atom. The van der Waals surface area contributed by atoms with Gasteiger partial charge in [-0.25, -0.2) is 0 Å². The maximum absolute atomic E-state index is 9.00. The van der Waals surface area contributed by atoms with Crippen molar-refractivity contribution in [2.24, 2.45) is 11.5 Å². The monoisotopic (exact) mass is 257 g/mol. The van der Waals surface area contributed by atoms with Gasteiger partial charge in [0.15, 0.2) is 0 Å². The number of allylic oxidation sites excluding steroid dienone is 2. The van der Waals surface area contributed by atoms with Gasteiger partial charge in [0.05, 0.1) is 10.6 Å². The standard InChI is InChI=1S/C12H11N5S/c13-5-8(6-14)9(7-15)12(17)18-11-4-2-1-3-10(11)16/h1-5H,13,16-17H2. The van der Waals surface area contributed by atoms with Crippen LogP contribution in [0.25, 0.3) is 0 Å². The number of para-hydroxylation sites is 1. The summed E-state index contributed by atoms with van der Waals surface area (Å²) in [5.74, 6) is 0. The van der Waals surface area contributed by atoms with Crippen molar-refractivity contribution >= 4 is 17.4 Å². The predicted octanol–water partition coefficient (Wildman–Crippen LogP) is 1.42. The van der Waals surface area contributed by atoms with E-state index in [1.54, 1.807) is 18.2 Å². The highest BCUT2D eigenvalue weighted by Crippen LogP contribution is 2.31. The molecule has 1 aromatic rings. The largest absolute Gasteiger partial charge is 0.403 e. The Morgan fingerprint density at radius 2 is 1.89 bits per heavy atom. The van der Waals surface area contributed by atoms with Crippen LogP contribution in [0.1, 0.15) is 0 Å². The van der Waals surface area contributed by atoms with Crippen molar-refractivity contribution in [2.45, 2.75) is 4.90 Å². The summed E-state index contributed by atoms with van der Waals surface area (Å²) in [5.41, 5.74) is 17.5. The second-order valence-corrected chi connectivity index (χ2v) is 4.27. The normalized spacial score (nSPS) is 12.2. The molecule has 0 aliphatic carbocycles. The molecule has 0 aromatic heterocycles. The average molecular weight is 257 g/mol. The summed E-state index contributed by atoms with van der Waals surface area (Å²) in [7, 11) is 0. The molecule has 5 nitrogen and oxygen atoms in total. The van der Waals surface area contributed by atoms with E-state index in [1.807, 2.05) is 18.2 Å². The summed E-state index contributed by atoms with van der Waals surface area (Å²) in [6, 6.07) is 10.8. The number of nitrogen functional groups attached to an aromatic ring is 1. The van der Waals surface area contributed by atoms with Gasteiger partial charge in [-0.2, -0.15) is 10.5 Å². The summed E-state index contributed by atoms with van der Waals surface area (Å²) in [5, 5.41) is 18.0. The fourth-order valence-corrected chi connectivity index (χ4v) is 1.99. The first kappa shape index (κ1) is 13.5. The number of nitriles is 2. The van der Waals surface area contributed by atoms with Gasteiger partial charge >= 0.3 is 0 Å². The SMILES string of the molecule is N#CC(=CN)C(C#N)=C(N)Sc1ccccc1N. The second-order valence-electron chi connectivity index (χ2n) is 3.18. The number of nitrogens with zero attached hydrogens (tertiary/aromatic N) is 2. The molecule has 0 saturated carbocycles. The van der Waals surface area contributed by atoms with Gasteiger partial charge in [-0.3, -0.25) is 0 Å². The Morgan fingerprint density at radius 1 is 1.22 bits per heavy atom. The quantitative estimate of drug-likeness (QED) is 0.325.